The van der Waals surface area contributed by atoms with Crippen LogP contribution in [0.4, 0.5) is 11.4 Å². The number of anilines is 2. The van der Waals surface area contributed by atoms with Crippen molar-refractivity contribution in [2.75, 3.05) is 24.5 Å². The monoisotopic (exact) mass is 426 g/mol. The Bertz CT molecular complexity index is 1140. The van der Waals surface area contributed by atoms with E-state index in [9.17, 15) is 5.26 Å². The summed E-state index contributed by atoms with van der Waals surface area (Å²) in [5, 5.41) is 17.1. The van der Waals surface area contributed by atoms with Gasteiger partial charge in [0.2, 0.25) is 0 Å². The van der Waals surface area contributed by atoms with Gasteiger partial charge in [0.1, 0.15) is 5.76 Å². The molecule has 5 rings (SSSR count). The first-order chi connectivity index (χ1) is 15.5. The van der Waals surface area contributed by atoms with E-state index in [2.05, 4.69) is 70.8 Å². The van der Waals surface area contributed by atoms with Crippen molar-refractivity contribution in [3.05, 3.63) is 65.0 Å². The number of benzene rings is 2. The summed E-state index contributed by atoms with van der Waals surface area (Å²) >= 11 is 0. The molecule has 0 radical (unpaired) electrons. The smallest absolute Gasteiger partial charge is 0.141 e. The highest BCUT2D eigenvalue weighted by Gasteiger charge is 2.44. The molecular weight excluding hydrogens is 396 g/mol. The molecule has 1 aliphatic carbocycles. The molecule has 1 N–H and O–H groups in total. The fourth-order valence-electron chi connectivity index (χ4n) is 4.75. The van der Waals surface area contributed by atoms with Gasteiger partial charge >= 0.3 is 0 Å². The summed E-state index contributed by atoms with van der Waals surface area (Å²) in [5.41, 5.74) is 7.66. The summed E-state index contributed by atoms with van der Waals surface area (Å²) in [6, 6.07) is 17.8. The number of aryl methyl sites for hydroxylation is 3. The topological polar surface area (TPSA) is 65.1 Å². The van der Waals surface area contributed by atoms with Crippen LogP contribution < -0.4 is 10.2 Å². The van der Waals surface area contributed by atoms with E-state index >= 15 is 0 Å². The third-order valence-electron chi connectivity index (χ3n) is 7.14. The Morgan fingerprint density at radius 1 is 1.12 bits per heavy atom. The molecule has 1 aliphatic heterocycles. The average Bonchev–Trinajstić information content (AvgIpc) is 3.50. The molecule has 3 aromatic rings. The van der Waals surface area contributed by atoms with E-state index in [-0.39, 0.29) is 5.41 Å². The number of rotatable bonds is 7. The van der Waals surface area contributed by atoms with Crippen molar-refractivity contribution in [3.63, 3.8) is 0 Å². The highest BCUT2D eigenvalue weighted by Crippen LogP contribution is 2.48. The molecule has 1 saturated heterocycles. The lowest BCUT2D eigenvalue weighted by Crippen LogP contribution is -2.43. The molecule has 2 heterocycles. The second-order valence-electron chi connectivity index (χ2n) is 9.41. The van der Waals surface area contributed by atoms with Gasteiger partial charge in [-0.15, -0.1) is 0 Å². The van der Waals surface area contributed by atoms with Gasteiger partial charge in [0, 0.05) is 23.5 Å². The second-order valence-corrected chi connectivity index (χ2v) is 9.41. The molecule has 2 aromatic carbocycles. The minimum Gasteiger partial charge on any atom is -0.361 e. The third-order valence-corrected chi connectivity index (χ3v) is 7.14. The quantitative estimate of drug-likeness (QED) is 0.535. The lowest BCUT2D eigenvalue weighted by molar-refractivity contribution is 0.331. The second kappa shape index (κ2) is 8.11. The first-order valence-corrected chi connectivity index (χ1v) is 11.5. The zero-order valence-electron chi connectivity index (χ0n) is 19.1. The van der Waals surface area contributed by atoms with Crippen molar-refractivity contribution < 1.29 is 4.52 Å². The zero-order valence-corrected chi connectivity index (χ0v) is 19.1. The van der Waals surface area contributed by atoms with Crippen LogP contribution in [0.2, 0.25) is 0 Å². The predicted octanol–water partition coefficient (Wildman–Crippen LogP) is 5.57. The van der Waals surface area contributed by atoms with Crippen molar-refractivity contribution in [1.29, 1.82) is 5.26 Å². The van der Waals surface area contributed by atoms with Crippen LogP contribution in [0.5, 0.6) is 0 Å². The van der Waals surface area contributed by atoms with Crippen LogP contribution in [0.3, 0.4) is 0 Å². The van der Waals surface area contributed by atoms with Gasteiger partial charge in [-0.2, -0.15) is 5.26 Å². The molecule has 0 unspecified atom stereocenters. The number of nitrogens with one attached hydrogen (secondary N) is 1. The summed E-state index contributed by atoms with van der Waals surface area (Å²) in [7, 11) is 0. The van der Waals surface area contributed by atoms with E-state index in [4.69, 9.17) is 4.52 Å². The summed E-state index contributed by atoms with van der Waals surface area (Å²) in [6.45, 7) is 9.31. The van der Waals surface area contributed by atoms with Gasteiger partial charge in [0.05, 0.1) is 17.2 Å². The molecule has 0 amide bonds. The molecule has 0 bridgehead atoms. The number of hydrogen-bond donors (Lipinski definition) is 1. The van der Waals surface area contributed by atoms with Gasteiger partial charge in [-0.05, 0) is 93.9 Å². The van der Waals surface area contributed by atoms with E-state index in [1.165, 1.54) is 16.9 Å². The van der Waals surface area contributed by atoms with Crippen LogP contribution in [0.1, 0.15) is 41.8 Å². The maximum absolute atomic E-state index is 9.57. The van der Waals surface area contributed by atoms with Crippen molar-refractivity contribution in [3.8, 4) is 17.2 Å². The Kier molecular flexibility index (Phi) is 5.27. The van der Waals surface area contributed by atoms with E-state index in [0.29, 0.717) is 0 Å². The maximum Gasteiger partial charge on any atom is 0.141 e. The average molecular weight is 427 g/mol. The van der Waals surface area contributed by atoms with E-state index in [0.717, 1.165) is 73.0 Å². The molecular formula is C27H30N4O. The largest absolute Gasteiger partial charge is 0.361 e. The number of hydrogen-bond acceptors (Lipinski definition) is 5. The number of nitrogens with zero attached hydrogens (tertiary/aromatic N) is 3. The normalized spacial score (nSPS) is 16.9. The van der Waals surface area contributed by atoms with Gasteiger partial charge in [-0.3, -0.25) is 0 Å². The van der Waals surface area contributed by atoms with E-state index in [1.807, 2.05) is 13.8 Å². The van der Waals surface area contributed by atoms with Crippen LogP contribution in [0.15, 0.2) is 47.0 Å². The fourth-order valence-corrected chi connectivity index (χ4v) is 4.75. The summed E-state index contributed by atoms with van der Waals surface area (Å²) in [5.74, 6) is 1.58. The van der Waals surface area contributed by atoms with Crippen LogP contribution >= 0.6 is 0 Å². The van der Waals surface area contributed by atoms with Crippen LogP contribution in [0, 0.1) is 38.0 Å². The van der Waals surface area contributed by atoms with Crippen LogP contribution in [0.25, 0.3) is 11.1 Å². The molecule has 1 aromatic heterocycles. The minimum absolute atomic E-state index is 0.250. The third kappa shape index (κ3) is 3.69. The summed E-state index contributed by atoms with van der Waals surface area (Å²) in [6.07, 6.45) is 3.09. The standard InChI is InChI=1S/C27H30N4O/c1-18-4-5-22(26-19(2)30-32-20(26)3)14-25(18)31(13-10-21-15-29-16-21)24-8-6-23(7-9-24)27(17-28)11-12-27/h4-9,14,21,29H,10-13,15-16H2,1-3H3. The van der Waals surface area contributed by atoms with Gasteiger partial charge in [0.25, 0.3) is 0 Å². The van der Waals surface area contributed by atoms with Gasteiger partial charge < -0.3 is 14.7 Å². The Labute approximate surface area is 190 Å². The number of nitriles is 1. The molecule has 1 saturated carbocycles. The van der Waals surface area contributed by atoms with Crippen molar-refractivity contribution in [1.82, 2.24) is 10.5 Å². The minimum atomic E-state index is -0.250. The lowest BCUT2D eigenvalue weighted by Gasteiger charge is -2.32. The van der Waals surface area contributed by atoms with Gasteiger partial charge in [-0.1, -0.05) is 29.4 Å². The van der Waals surface area contributed by atoms with Crippen molar-refractivity contribution >= 4 is 11.4 Å². The molecule has 5 nitrogen and oxygen atoms in total. The SMILES string of the molecule is Cc1ccc(-c2c(C)noc2C)cc1N(CCC1CNC1)c1ccc(C2(C#N)CC2)cc1. The van der Waals surface area contributed by atoms with Gasteiger partial charge in [0.15, 0.2) is 0 Å². The highest BCUT2D eigenvalue weighted by atomic mass is 16.5. The Balaban J connectivity index is 1.52. The van der Waals surface area contributed by atoms with Crippen LogP contribution in [-0.2, 0) is 5.41 Å². The van der Waals surface area contributed by atoms with Crippen molar-refractivity contribution in [2.45, 2.75) is 45.4 Å². The Morgan fingerprint density at radius 3 is 2.44 bits per heavy atom. The predicted molar refractivity (Wildman–Crippen MR) is 127 cm³/mol. The maximum atomic E-state index is 9.57. The molecule has 164 valence electrons. The van der Waals surface area contributed by atoms with E-state index in [1.54, 1.807) is 0 Å². The fraction of sp³-hybridized carbons (Fsp3) is 0.407. The first kappa shape index (κ1) is 20.8. The Morgan fingerprint density at radius 2 is 1.88 bits per heavy atom. The Hall–Kier alpha value is -3.10. The summed E-state index contributed by atoms with van der Waals surface area (Å²) in [4.78, 5) is 2.44. The molecule has 2 fully saturated rings. The van der Waals surface area contributed by atoms with Gasteiger partial charge in [-0.25, -0.2) is 0 Å². The molecule has 5 heteroatoms. The summed E-state index contributed by atoms with van der Waals surface area (Å²) < 4.78 is 5.43. The number of aromatic nitrogens is 1. The van der Waals surface area contributed by atoms with E-state index < -0.39 is 0 Å². The highest BCUT2D eigenvalue weighted by molar-refractivity contribution is 5.76. The molecule has 0 atom stereocenters. The zero-order chi connectivity index (χ0) is 22.3. The van der Waals surface area contributed by atoms with Crippen LogP contribution in [-0.4, -0.2) is 24.8 Å². The molecule has 2 aliphatic rings. The lowest BCUT2D eigenvalue weighted by atomic mass is 9.96. The first-order valence-electron chi connectivity index (χ1n) is 11.5. The molecule has 32 heavy (non-hydrogen) atoms. The van der Waals surface area contributed by atoms with Crippen molar-refractivity contribution in [2.24, 2.45) is 5.92 Å². The molecule has 0 spiro atoms.